The van der Waals surface area contributed by atoms with E-state index in [0.717, 1.165) is 24.4 Å². The van der Waals surface area contributed by atoms with Crippen LogP contribution in [-0.4, -0.2) is 48.0 Å². The van der Waals surface area contributed by atoms with Gasteiger partial charge in [0.2, 0.25) is 5.16 Å². The van der Waals surface area contributed by atoms with Crippen molar-refractivity contribution in [3.05, 3.63) is 46.4 Å². The Hall–Kier alpha value is -2.39. The fourth-order valence-electron chi connectivity index (χ4n) is 2.95. The van der Waals surface area contributed by atoms with Crippen LogP contribution in [0.1, 0.15) is 12.1 Å². The number of hydrogen-bond donors (Lipinski definition) is 0. The molecule has 1 fully saturated rings. The van der Waals surface area contributed by atoms with Gasteiger partial charge in [0.1, 0.15) is 0 Å². The fourth-order valence-corrected chi connectivity index (χ4v) is 3.93. The summed E-state index contributed by atoms with van der Waals surface area (Å²) < 4.78 is 10.4. The highest BCUT2D eigenvalue weighted by atomic mass is 32.2. The molecular weight excluding hydrogens is 340 g/mol. The molecular formula is C16H18N6O2S. The summed E-state index contributed by atoms with van der Waals surface area (Å²) >= 11 is 1.55. The minimum Gasteiger partial charge on any atom is -0.380 e. The van der Waals surface area contributed by atoms with Crippen LogP contribution in [0.5, 0.6) is 0 Å². The Morgan fingerprint density at radius 1 is 1.28 bits per heavy atom. The molecule has 1 aromatic carbocycles. The van der Waals surface area contributed by atoms with Crippen LogP contribution in [0.3, 0.4) is 0 Å². The third-order valence-corrected chi connectivity index (χ3v) is 5.51. The molecule has 1 aliphatic rings. The Kier molecular flexibility index (Phi) is 4.18. The van der Waals surface area contributed by atoms with Gasteiger partial charge in [-0.1, -0.05) is 30.0 Å². The van der Waals surface area contributed by atoms with Crippen LogP contribution < -0.4 is 5.56 Å². The first-order valence-corrected chi connectivity index (χ1v) is 8.92. The number of hydrogen-bond acceptors (Lipinski definition) is 6. The molecule has 0 spiro atoms. The van der Waals surface area contributed by atoms with Gasteiger partial charge >= 0.3 is 0 Å². The van der Waals surface area contributed by atoms with Crippen LogP contribution in [0, 0.1) is 6.92 Å². The maximum atomic E-state index is 13.1. The first-order chi connectivity index (χ1) is 12.2. The van der Waals surface area contributed by atoms with Crippen molar-refractivity contribution in [2.75, 3.05) is 13.2 Å². The van der Waals surface area contributed by atoms with Gasteiger partial charge in [-0.3, -0.25) is 9.48 Å². The van der Waals surface area contributed by atoms with E-state index in [4.69, 9.17) is 4.74 Å². The van der Waals surface area contributed by atoms with Crippen LogP contribution in [0.15, 0.2) is 40.3 Å². The fraction of sp³-hybridized carbons (Fsp3) is 0.375. The van der Waals surface area contributed by atoms with Crippen LogP contribution in [0.2, 0.25) is 0 Å². The van der Waals surface area contributed by atoms with Crippen molar-refractivity contribution in [2.24, 2.45) is 7.05 Å². The number of rotatable bonds is 4. The number of thioether (sulfide) groups is 1. The number of ether oxygens (including phenoxy) is 1. The summed E-state index contributed by atoms with van der Waals surface area (Å²) in [4.78, 5) is 13.1. The van der Waals surface area contributed by atoms with Gasteiger partial charge < -0.3 is 4.74 Å². The normalized spacial score (nSPS) is 17.3. The van der Waals surface area contributed by atoms with E-state index in [-0.39, 0.29) is 5.56 Å². The first kappa shape index (κ1) is 16.1. The molecule has 3 heterocycles. The average Bonchev–Trinajstić information content (AvgIpc) is 3.33. The summed E-state index contributed by atoms with van der Waals surface area (Å²) in [6.07, 6.45) is 0.958. The second-order valence-electron chi connectivity index (χ2n) is 5.89. The van der Waals surface area contributed by atoms with Crippen LogP contribution in [0.4, 0.5) is 0 Å². The molecule has 1 unspecified atom stereocenters. The zero-order chi connectivity index (χ0) is 17.4. The first-order valence-electron chi connectivity index (χ1n) is 8.04. The standard InChI is InChI=1S/C16H18N6O2S/c1-11-14(15(23)22(20(11)2)12-6-4-3-5-7-12)21-16(17-18-19-21)25-13-8-9-24-10-13/h3-7,13H,8-10H2,1-2H3. The molecule has 0 saturated carbocycles. The number of benzene rings is 1. The molecule has 25 heavy (non-hydrogen) atoms. The van der Waals surface area contributed by atoms with Gasteiger partial charge in [0, 0.05) is 18.9 Å². The Bertz CT molecular complexity index is 939. The summed E-state index contributed by atoms with van der Waals surface area (Å²) in [6.45, 7) is 3.33. The van der Waals surface area contributed by atoms with Gasteiger partial charge in [-0.15, -0.1) is 5.10 Å². The van der Waals surface area contributed by atoms with Crippen molar-refractivity contribution in [1.29, 1.82) is 0 Å². The average molecular weight is 358 g/mol. The molecule has 9 heteroatoms. The quantitative estimate of drug-likeness (QED) is 0.700. The summed E-state index contributed by atoms with van der Waals surface area (Å²) in [6, 6.07) is 9.53. The predicted molar refractivity (Wildman–Crippen MR) is 93.5 cm³/mol. The summed E-state index contributed by atoms with van der Waals surface area (Å²) in [5, 5.41) is 12.9. The summed E-state index contributed by atoms with van der Waals surface area (Å²) in [5.74, 6) is 0. The molecule has 0 aliphatic carbocycles. The van der Waals surface area contributed by atoms with E-state index in [1.807, 2.05) is 49.0 Å². The van der Waals surface area contributed by atoms with E-state index >= 15 is 0 Å². The molecule has 0 N–H and O–H groups in total. The SMILES string of the molecule is Cc1c(-n2nnnc2SC2CCOC2)c(=O)n(-c2ccccc2)n1C. The van der Waals surface area contributed by atoms with Crippen LogP contribution in [0.25, 0.3) is 11.4 Å². The maximum absolute atomic E-state index is 13.1. The highest BCUT2D eigenvalue weighted by Crippen LogP contribution is 2.28. The van der Waals surface area contributed by atoms with E-state index in [2.05, 4.69) is 15.5 Å². The Morgan fingerprint density at radius 3 is 2.80 bits per heavy atom. The number of aromatic nitrogens is 6. The van der Waals surface area contributed by atoms with E-state index < -0.39 is 0 Å². The summed E-state index contributed by atoms with van der Waals surface area (Å²) in [5.41, 5.74) is 1.92. The maximum Gasteiger partial charge on any atom is 0.297 e. The monoisotopic (exact) mass is 358 g/mol. The smallest absolute Gasteiger partial charge is 0.297 e. The molecule has 4 rings (SSSR count). The lowest BCUT2D eigenvalue weighted by Gasteiger charge is -2.07. The Morgan fingerprint density at radius 2 is 2.08 bits per heavy atom. The molecule has 130 valence electrons. The van der Waals surface area contributed by atoms with E-state index in [1.165, 1.54) is 0 Å². The van der Waals surface area contributed by atoms with Gasteiger partial charge in [-0.2, -0.15) is 4.68 Å². The van der Waals surface area contributed by atoms with Crippen molar-refractivity contribution in [1.82, 2.24) is 29.6 Å². The van der Waals surface area contributed by atoms with E-state index in [0.29, 0.717) is 22.7 Å². The van der Waals surface area contributed by atoms with Gasteiger partial charge in [0.15, 0.2) is 5.69 Å². The predicted octanol–water partition coefficient (Wildman–Crippen LogP) is 1.34. The molecule has 1 atom stereocenters. The molecule has 1 saturated heterocycles. The molecule has 8 nitrogen and oxygen atoms in total. The van der Waals surface area contributed by atoms with Gasteiger partial charge in [-0.25, -0.2) is 4.68 Å². The second kappa shape index (κ2) is 6.49. The summed E-state index contributed by atoms with van der Waals surface area (Å²) in [7, 11) is 1.86. The molecule has 0 bridgehead atoms. The zero-order valence-electron chi connectivity index (χ0n) is 14.0. The number of nitrogens with zero attached hydrogens (tertiary/aromatic N) is 6. The Labute approximate surface area is 148 Å². The minimum atomic E-state index is -0.150. The third-order valence-electron chi connectivity index (χ3n) is 4.34. The van der Waals surface area contributed by atoms with Crippen molar-refractivity contribution >= 4 is 11.8 Å². The Balaban J connectivity index is 1.80. The zero-order valence-corrected chi connectivity index (χ0v) is 14.8. The second-order valence-corrected chi connectivity index (χ2v) is 7.15. The van der Waals surface area contributed by atoms with Crippen LogP contribution in [-0.2, 0) is 11.8 Å². The van der Waals surface area contributed by atoms with E-state index in [9.17, 15) is 4.79 Å². The number of para-hydroxylation sites is 1. The highest BCUT2D eigenvalue weighted by Gasteiger charge is 2.25. The molecule has 3 aromatic rings. The van der Waals surface area contributed by atoms with Crippen molar-refractivity contribution in [2.45, 2.75) is 23.8 Å². The molecule has 0 radical (unpaired) electrons. The lowest BCUT2D eigenvalue weighted by molar-refractivity contribution is 0.199. The molecule has 2 aromatic heterocycles. The van der Waals surface area contributed by atoms with Crippen molar-refractivity contribution < 1.29 is 4.74 Å². The van der Waals surface area contributed by atoms with Crippen molar-refractivity contribution in [3.8, 4) is 11.4 Å². The van der Waals surface area contributed by atoms with E-state index in [1.54, 1.807) is 21.1 Å². The van der Waals surface area contributed by atoms with Gasteiger partial charge in [0.05, 0.1) is 18.0 Å². The van der Waals surface area contributed by atoms with Crippen molar-refractivity contribution in [3.63, 3.8) is 0 Å². The van der Waals surface area contributed by atoms with Crippen LogP contribution >= 0.6 is 11.8 Å². The minimum absolute atomic E-state index is 0.150. The molecule has 0 amide bonds. The highest BCUT2D eigenvalue weighted by molar-refractivity contribution is 7.99. The van der Waals surface area contributed by atoms with Gasteiger partial charge in [0.25, 0.3) is 5.56 Å². The molecule has 1 aliphatic heterocycles. The number of tetrazole rings is 1. The third kappa shape index (κ3) is 2.79. The largest absolute Gasteiger partial charge is 0.380 e. The van der Waals surface area contributed by atoms with Gasteiger partial charge in [-0.05, 0) is 35.9 Å². The lowest BCUT2D eigenvalue weighted by atomic mass is 10.3. The lowest BCUT2D eigenvalue weighted by Crippen LogP contribution is -2.22. The topological polar surface area (TPSA) is 79.8 Å².